The van der Waals surface area contributed by atoms with Crippen LogP contribution < -0.4 is 0 Å². The van der Waals surface area contributed by atoms with Crippen LogP contribution in [-0.4, -0.2) is 31.6 Å². The van der Waals surface area contributed by atoms with Gasteiger partial charge in [-0.1, -0.05) is 6.07 Å². The molecule has 0 saturated heterocycles. The molecule has 1 aromatic carbocycles. The largest absolute Gasteiger partial charge is 0.393 e. The van der Waals surface area contributed by atoms with Crippen molar-refractivity contribution in [3.05, 3.63) is 48.1 Å². The summed E-state index contributed by atoms with van der Waals surface area (Å²) in [7, 11) is 0. The van der Waals surface area contributed by atoms with Crippen molar-refractivity contribution < 1.29 is 19.0 Å². The standard InChI is InChI=1S/C11H11F2N3O2/c12-8-1-2-9(10(13)3-8)11(18,5-17)4-16-7-14-6-15-16/h1-3,6-7,17-18H,4-5H2/t11-/m1/s1. The summed E-state index contributed by atoms with van der Waals surface area (Å²) >= 11 is 0. The van der Waals surface area contributed by atoms with Crippen molar-refractivity contribution in [1.82, 2.24) is 14.8 Å². The Balaban J connectivity index is 2.36. The topological polar surface area (TPSA) is 71.2 Å². The molecule has 0 radical (unpaired) electrons. The van der Waals surface area contributed by atoms with E-state index in [-0.39, 0.29) is 12.1 Å². The Hall–Kier alpha value is -1.86. The molecule has 1 atom stereocenters. The van der Waals surface area contributed by atoms with E-state index >= 15 is 0 Å². The summed E-state index contributed by atoms with van der Waals surface area (Å²) in [6.45, 7) is -0.915. The maximum Gasteiger partial charge on any atom is 0.137 e. The Morgan fingerprint density at radius 3 is 2.67 bits per heavy atom. The number of halogens is 2. The van der Waals surface area contributed by atoms with Gasteiger partial charge in [0.1, 0.15) is 29.9 Å². The van der Waals surface area contributed by atoms with E-state index in [1.807, 2.05) is 0 Å². The molecule has 0 saturated carbocycles. The van der Waals surface area contributed by atoms with Gasteiger partial charge in [0.15, 0.2) is 0 Å². The van der Waals surface area contributed by atoms with Gasteiger partial charge in [-0.15, -0.1) is 0 Å². The van der Waals surface area contributed by atoms with E-state index in [9.17, 15) is 19.0 Å². The van der Waals surface area contributed by atoms with Crippen LogP contribution >= 0.6 is 0 Å². The van der Waals surface area contributed by atoms with Gasteiger partial charge in [0.2, 0.25) is 0 Å². The number of aromatic nitrogens is 3. The van der Waals surface area contributed by atoms with Crippen molar-refractivity contribution in [2.45, 2.75) is 12.1 Å². The molecule has 0 aliphatic heterocycles. The maximum atomic E-state index is 13.6. The highest BCUT2D eigenvalue weighted by molar-refractivity contribution is 5.25. The third-order valence-electron chi connectivity index (χ3n) is 2.58. The molecule has 0 aliphatic carbocycles. The summed E-state index contributed by atoms with van der Waals surface area (Å²) in [5.74, 6) is -1.68. The molecule has 0 aliphatic rings. The molecule has 1 heterocycles. The fourth-order valence-corrected chi connectivity index (χ4v) is 1.67. The third-order valence-corrected chi connectivity index (χ3v) is 2.58. The Morgan fingerprint density at radius 1 is 1.33 bits per heavy atom. The monoisotopic (exact) mass is 255 g/mol. The fraction of sp³-hybridized carbons (Fsp3) is 0.273. The molecular weight excluding hydrogens is 244 g/mol. The zero-order chi connectivity index (χ0) is 13.2. The minimum Gasteiger partial charge on any atom is -0.393 e. The quantitative estimate of drug-likeness (QED) is 0.831. The molecule has 1 aromatic heterocycles. The minimum atomic E-state index is -1.88. The van der Waals surface area contributed by atoms with Gasteiger partial charge in [-0.3, -0.25) is 0 Å². The second-order valence-electron chi connectivity index (χ2n) is 3.91. The second kappa shape index (κ2) is 4.79. The van der Waals surface area contributed by atoms with E-state index in [2.05, 4.69) is 10.1 Å². The first-order valence-corrected chi connectivity index (χ1v) is 5.16. The van der Waals surface area contributed by atoms with E-state index < -0.39 is 23.8 Å². The zero-order valence-electron chi connectivity index (χ0n) is 9.29. The SMILES string of the molecule is OC[C@](O)(Cn1cncn1)c1ccc(F)cc1F. The van der Waals surface area contributed by atoms with Crippen molar-refractivity contribution in [2.75, 3.05) is 6.61 Å². The van der Waals surface area contributed by atoms with E-state index in [1.165, 1.54) is 17.3 Å². The first-order valence-electron chi connectivity index (χ1n) is 5.16. The van der Waals surface area contributed by atoms with Crippen LogP contribution in [0.5, 0.6) is 0 Å². The third kappa shape index (κ3) is 2.36. The van der Waals surface area contributed by atoms with Crippen LogP contribution in [0.15, 0.2) is 30.9 Å². The lowest BCUT2D eigenvalue weighted by Crippen LogP contribution is -2.36. The molecule has 2 N–H and O–H groups in total. The first-order chi connectivity index (χ1) is 8.55. The van der Waals surface area contributed by atoms with Crippen LogP contribution in [0.4, 0.5) is 8.78 Å². The number of hydrogen-bond donors (Lipinski definition) is 2. The van der Waals surface area contributed by atoms with Crippen molar-refractivity contribution in [1.29, 1.82) is 0 Å². The number of benzene rings is 1. The van der Waals surface area contributed by atoms with Gasteiger partial charge in [0.25, 0.3) is 0 Å². The summed E-state index contributed by atoms with van der Waals surface area (Å²) in [6.07, 6.45) is 2.57. The number of nitrogens with zero attached hydrogens (tertiary/aromatic N) is 3. The van der Waals surface area contributed by atoms with Crippen LogP contribution in [0.3, 0.4) is 0 Å². The predicted octanol–water partition coefficient (Wildman–Crippen LogP) is 0.436. The molecule has 0 spiro atoms. The molecule has 2 rings (SSSR count). The number of hydrogen-bond acceptors (Lipinski definition) is 4. The van der Waals surface area contributed by atoms with Crippen molar-refractivity contribution in [2.24, 2.45) is 0 Å². The van der Waals surface area contributed by atoms with E-state index in [0.29, 0.717) is 6.07 Å². The number of aliphatic hydroxyl groups excluding tert-OH is 1. The van der Waals surface area contributed by atoms with Crippen LogP contribution in [0, 0.1) is 11.6 Å². The van der Waals surface area contributed by atoms with Gasteiger partial charge in [0, 0.05) is 11.6 Å². The molecule has 0 fully saturated rings. The van der Waals surface area contributed by atoms with Gasteiger partial charge in [0.05, 0.1) is 13.2 Å². The molecule has 2 aromatic rings. The highest BCUT2D eigenvalue weighted by Gasteiger charge is 2.32. The first kappa shape index (κ1) is 12.6. The van der Waals surface area contributed by atoms with E-state index in [1.54, 1.807) is 0 Å². The fourth-order valence-electron chi connectivity index (χ4n) is 1.67. The van der Waals surface area contributed by atoms with Crippen LogP contribution in [-0.2, 0) is 12.1 Å². The van der Waals surface area contributed by atoms with Gasteiger partial charge in [-0.2, -0.15) is 5.10 Å². The van der Waals surface area contributed by atoms with Gasteiger partial charge in [-0.25, -0.2) is 18.4 Å². The summed E-state index contributed by atoms with van der Waals surface area (Å²) in [5, 5.41) is 23.3. The lowest BCUT2D eigenvalue weighted by molar-refractivity contribution is -0.0383. The molecule has 96 valence electrons. The minimum absolute atomic E-state index is 0.188. The van der Waals surface area contributed by atoms with Crippen LogP contribution in [0.1, 0.15) is 5.56 Å². The van der Waals surface area contributed by atoms with Crippen LogP contribution in [0.2, 0.25) is 0 Å². The molecule has 0 bridgehead atoms. The zero-order valence-corrected chi connectivity index (χ0v) is 9.29. The molecule has 0 unspecified atom stereocenters. The molecule has 7 heteroatoms. The van der Waals surface area contributed by atoms with E-state index in [4.69, 9.17) is 0 Å². The smallest absolute Gasteiger partial charge is 0.137 e. The molecule has 18 heavy (non-hydrogen) atoms. The molecule has 5 nitrogen and oxygen atoms in total. The summed E-state index contributed by atoms with van der Waals surface area (Å²) in [6, 6.07) is 2.76. The Bertz CT molecular complexity index is 533. The second-order valence-corrected chi connectivity index (χ2v) is 3.91. The van der Waals surface area contributed by atoms with Crippen molar-refractivity contribution in [3.63, 3.8) is 0 Å². The molecule has 0 amide bonds. The van der Waals surface area contributed by atoms with Gasteiger partial charge < -0.3 is 10.2 Å². The Morgan fingerprint density at radius 2 is 2.11 bits per heavy atom. The molecular formula is C11H11F2N3O2. The average molecular weight is 255 g/mol. The predicted molar refractivity (Wildman–Crippen MR) is 57.4 cm³/mol. The Labute approximate surface area is 101 Å². The number of rotatable bonds is 4. The number of aliphatic hydroxyl groups is 2. The highest BCUT2D eigenvalue weighted by atomic mass is 19.1. The van der Waals surface area contributed by atoms with Crippen molar-refractivity contribution in [3.8, 4) is 0 Å². The van der Waals surface area contributed by atoms with E-state index in [0.717, 1.165) is 12.1 Å². The normalized spacial score (nSPS) is 14.4. The van der Waals surface area contributed by atoms with Gasteiger partial charge in [-0.05, 0) is 6.07 Å². The highest BCUT2D eigenvalue weighted by Crippen LogP contribution is 2.25. The lowest BCUT2D eigenvalue weighted by atomic mass is 9.94. The summed E-state index contributed by atoms with van der Waals surface area (Å²) in [5.41, 5.74) is -2.08. The Kier molecular flexibility index (Phi) is 3.35. The average Bonchev–Trinajstić information content (AvgIpc) is 2.81. The van der Waals surface area contributed by atoms with Gasteiger partial charge >= 0.3 is 0 Å². The maximum absolute atomic E-state index is 13.6. The van der Waals surface area contributed by atoms with Crippen molar-refractivity contribution >= 4 is 0 Å². The lowest BCUT2D eigenvalue weighted by Gasteiger charge is -2.26. The summed E-state index contributed by atoms with van der Waals surface area (Å²) in [4.78, 5) is 3.68. The van der Waals surface area contributed by atoms with Crippen LogP contribution in [0.25, 0.3) is 0 Å². The summed E-state index contributed by atoms with van der Waals surface area (Å²) < 4.78 is 27.7.